The summed E-state index contributed by atoms with van der Waals surface area (Å²) in [7, 11) is 1.80. The van der Waals surface area contributed by atoms with Crippen LogP contribution in [0.5, 0.6) is 0 Å². The second-order valence-corrected chi connectivity index (χ2v) is 3.06. The average Bonchev–Trinajstić information content (AvgIpc) is 2.39. The summed E-state index contributed by atoms with van der Waals surface area (Å²) in [6, 6.07) is 0. The number of nitrogens with zero attached hydrogens (tertiary/aromatic N) is 2. The Balaban J connectivity index is 2.74. The van der Waals surface area contributed by atoms with Crippen LogP contribution in [0, 0.1) is 0 Å². The van der Waals surface area contributed by atoms with Gasteiger partial charge in [-0.15, -0.1) is 0 Å². The summed E-state index contributed by atoms with van der Waals surface area (Å²) in [5.41, 5.74) is 0. The number of aliphatic hydroxyl groups is 1. The smallest absolute Gasteiger partial charge is 0.205 e. The van der Waals surface area contributed by atoms with Gasteiger partial charge in [0.05, 0.1) is 10.7 Å². The normalized spacial score (nSPS) is 13.9. The van der Waals surface area contributed by atoms with E-state index in [1.807, 2.05) is 18.2 Å². The zero-order valence-electron chi connectivity index (χ0n) is 8.07. The fourth-order valence-corrected chi connectivity index (χ4v) is 1.56. The molecule has 0 atom stereocenters. The predicted octanol–water partition coefficient (Wildman–Crippen LogP) is -0.605. The highest BCUT2D eigenvalue weighted by Crippen LogP contribution is 1.96. The number of fused-ring (bicyclic) bond motifs is 1. The summed E-state index contributed by atoms with van der Waals surface area (Å²) < 4.78 is 1.74. The monoisotopic (exact) mass is 191 g/mol. The zero-order valence-corrected chi connectivity index (χ0v) is 8.07. The highest BCUT2D eigenvalue weighted by molar-refractivity contribution is 5.44. The van der Waals surface area contributed by atoms with Crippen molar-refractivity contribution in [1.82, 2.24) is 9.55 Å². The van der Waals surface area contributed by atoms with Crippen LogP contribution in [0.4, 0.5) is 5.95 Å². The van der Waals surface area contributed by atoms with Gasteiger partial charge in [0.25, 0.3) is 0 Å². The van der Waals surface area contributed by atoms with Gasteiger partial charge in [-0.05, 0) is 12.5 Å². The molecule has 1 aromatic rings. The van der Waals surface area contributed by atoms with E-state index in [0.717, 1.165) is 17.1 Å². The minimum atomic E-state index is -0.0588. The Morgan fingerprint density at radius 1 is 1.64 bits per heavy atom. The number of aliphatic hydroxyl groups excluding tert-OH is 1. The fourth-order valence-electron chi connectivity index (χ4n) is 1.56. The molecule has 1 heterocycles. The number of imidazole rings is 1. The van der Waals surface area contributed by atoms with Gasteiger partial charge in [0, 0.05) is 7.05 Å². The van der Waals surface area contributed by atoms with Crippen LogP contribution >= 0.6 is 0 Å². The molecule has 2 N–H and O–H groups in total. The fraction of sp³-hybridized carbons (Fsp3) is 0.300. The zero-order chi connectivity index (χ0) is 9.97. The summed E-state index contributed by atoms with van der Waals surface area (Å²) in [4.78, 5) is 4.37. The van der Waals surface area contributed by atoms with E-state index in [-0.39, 0.29) is 6.73 Å². The molecule has 0 spiro atoms. The molecule has 0 fully saturated rings. The van der Waals surface area contributed by atoms with Crippen molar-refractivity contribution in [3.63, 3.8) is 0 Å². The Hall–Kier alpha value is -1.55. The summed E-state index contributed by atoms with van der Waals surface area (Å²) in [6.45, 7) is -0.0588. The highest BCUT2D eigenvalue weighted by Gasteiger charge is 2.04. The number of aromatic nitrogens is 2. The van der Waals surface area contributed by atoms with Crippen molar-refractivity contribution >= 4 is 18.1 Å². The molecule has 0 amide bonds. The molecular formula is C10H13N3O. The van der Waals surface area contributed by atoms with E-state index in [4.69, 9.17) is 0 Å². The van der Waals surface area contributed by atoms with Crippen molar-refractivity contribution in [3.8, 4) is 0 Å². The van der Waals surface area contributed by atoms with E-state index in [0.29, 0.717) is 5.95 Å². The van der Waals surface area contributed by atoms with Gasteiger partial charge in [-0.25, -0.2) is 4.98 Å². The third-order valence-corrected chi connectivity index (χ3v) is 2.24. The lowest BCUT2D eigenvalue weighted by Gasteiger charge is -2.01. The highest BCUT2D eigenvalue weighted by atomic mass is 16.3. The molecule has 0 bridgehead atoms. The molecule has 0 unspecified atom stereocenters. The second-order valence-electron chi connectivity index (χ2n) is 3.06. The summed E-state index contributed by atoms with van der Waals surface area (Å²) >= 11 is 0. The Morgan fingerprint density at radius 3 is 3.21 bits per heavy atom. The number of rotatable bonds is 2. The van der Waals surface area contributed by atoms with Crippen LogP contribution in [-0.2, 0) is 6.73 Å². The van der Waals surface area contributed by atoms with Crippen LogP contribution in [0.15, 0.2) is 12.2 Å². The van der Waals surface area contributed by atoms with Gasteiger partial charge in [0.1, 0.15) is 6.73 Å². The number of hydrogen-bond donors (Lipinski definition) is 2. The standard InChI is InChI=1S/C10H13N3O/c1-11-10-12-8-5-3-2-4-6-9(8)13(10)7-14/h2,4-6,14H,3,7H2,1H3,(H,11,12). The molecule has 4 heteroatoms. The van der Waals surface area contributed by atoms with Crippen molar-refractivity contribution in [2.75, 3.05) is 12.4 Å². The Labute approximate surface area is 81.9 Å². The lowest BCUT2D eigenvalue weighted by atomic mass is 10.4. The first-order valence-electron chi connectivity index (χ1n) is 4.59. The average molecular weight is 191 g/mol. The topological polar surface area (TPSA) is 50.1 Å². The quantitative estimate of drug-likeness (QED) is 0.656. The molecule has 4 nitrogen and oxygen atoms in total. The molecule has 1 aliphatic carbocycles. The van der Waals surface area contributed by atoms with Crippen LogP contribution in [0.3, 0.4) is 0 Å². The maximum Gasteiger partial charge on any atom is 0.205 e. The molecule has 1 aliphatic rings. The third-order valence-electron chi connectivity index (χ3n) is 2.24. The first-order valence-corrected chi connectivity index (χ1v) is 4.59. The number of allylic oxidation sites excluding steroid dienone is 2. The van der Waals surface area contributed by atoms with Crippen LogP contribution in [-0.4, -0.2) is 21.7 Å². The lowest BCUT2D eigenvalue weighted by Crippen LogP contribution is -2.29. The maximum atomic E-state index is 9.21. The van der Waals surface area contributed by atoms with Gasteiger partial charge in [0.2, 0.25) is 5.95 Å². The molecule has 14 heavy (non-hydrogen) atoms. The van der Waals surface area contributed by atoms with Gasteiger partial charge >= 0.3 is 0 Å². The van der Waals surface area contributed by atoms with Crippen molar-refractivity contribution in [1.29, 1.82) is 0 Å². The minimum absolute atomic E-state index is 0.0588. The van der Waals surface area contributed by atoms with Crippen LogP contribution in [0.1, 0.15) is 6.42 Å². The van der Waals surface area contributed by atoms with Crippen LogP contribution in [0.25, 0.3) is 12.2 Å². The SMILES string of the molecule is CNc1nc2c(n1CO)=CC=CCC=2. The van der Waals surface area contributed by atoms with Crippen molar-refractivity contribution in [2.24, 2.45) is 0 Å². The van der Waals surface area contributed by atoms with Gasteiger partial charge < -0.3 is 10.4 Å². The summed E-state index contributed by atoms with van der Waals surface area (Å²) in [6.07, 6.45) is 8.93. The Bertz CT molecular complexity index is 470. The van der Waals surface area contributed by atoms with E-state index in [1.165, 1.54) is 0 Å². The summed E-state index contributed by atoms with van der Waals surface area (Å²) in [5, 5.41) is 14.0. The van der Waals surface area contributed by atoms with E-state index in [1.54, 1.807) is 11.6 Å². The van der Waals surface area contributed by atoms with Crippen molar-refractivity contribution < 1.29 is 5.11 Å². The van der Waals surface area contributed by atoms with Crippen molar-refractivity contribution in [2.45, 2.75) is 13.2 Å². The van der Waals surface area contributed by atoms with Gasteiger partial charge in [-0.1, -0.05) is 18.2 Å². The van der Waals surface area contributed by atoms with E-state index in [9.17, 15) is 5.11 Å². The second kappa shape index (κ2) is 3.67. The molecule has 0 aliphatic heterocycles. The van der Waals surface area contributed by atoms with E-state index >= 15 is 0 Å². The molecular weight excluding hydrogens is 178 g/mol. The molecule has 0 saturated carbocycles. The first kappa shape index (κ1) is 9.02. The van der Waals surface area contributed by atoms with Gasteiger partial charge in [-0.2, -0.15) is 0 Å². The molecule has 74 valence electrons. The van der Waals surface area contributed by atoms with Crippen molar-refractivity contribution in [3.05, 3.63) is 22.9 Å². The van der Waals surface area contributed by atoms with Gasteiger partial charge in [-0.3, -0.25) is 4.57 Å². The van der Waals surface area contributed by atoms with Crippen LogP contribution in [0.2, 0.25) is 0 Å². The maximum absolute atomic E-state index is 9.21. The number of nitrogens with one attached hydrogen (secondary N) is 1. The molecule has 1 aromatic heterocycles. The Morgan fingerprint density at radius 2 is 2.50 bits per heavy atom. The van der Waals surface area contributed by atoms with E-state index < -0.39 is 0 Å². The molecule has 0 saturated heterocycles. The number of hydrogen-bond acceptors (Lipinski definition) is 3. The lowest BCUT2D eigenvalue weighted by molar-refractivity contribution is 0.209. The minimum Gasteiger partial charge on any atom is -0.376 e. The summed E-state index contributed by atoms with van der Waals surface area (Å²) in [5.74, 6) is 0.695. The van der Waals surface area contributed by atoms with Gasteiger partial charge in [0.15, 0.2) is 0 Å². The number of anilines is 1. The third kappa shape index (κ3) is 1.33. The van der Waals surface area contributed by atoms with E-state index in [2.05, 4.69) is 16.4 Å². The molecule has 0 radical (unpaired) electrons. The molecule has 2 rings (SSSR count). The molecule has 0 aromatic carbocycles. The predicted molar refractivity (Wildman–Crippen MR) is 55.9 cm³/mol. The Kier molecular flexibility index (Phi) is 2.37. The first-order chi connectivity index (χ1) is 6.86. The largest absolute Gasteiger partial charge is 0.376 e. The van der Waals surface area contributed by atoms with Crippen LogP contribution < -0.4 is 16.0 Å².